The van der Waals surface area contributed by atoms with Gasteiger partial charge in [-0.15, -0.1) is 0 Å². The van der Waals surface area contributed by atoms with E-state index in [9.17, 15) is 0 Å². The summed E-state index contributed by atoms with van der Waals surface area (Å²) >= 11 is 2.38. The highest BCUT2D eigenvalue weighted by Gasteiger charge is 2.32. The maximum Gasteiger partial charge on any atom is 0.0420 e. The summed E-state index contributed by atoms with van der Waals surface area (Å²) in [6.07, 6.45) is 4.85. The Hall–Kier alpha value is -0.0900. The molecule has 2 rings (SSSR count). The van der Waals surface area contributed by atoms with Gasteiger partial charge >= 0.3 is 0 Å². The first-order chi connectivity index (χ1) is 6.22. The third-order valence-corrected chi connectivity index (χ3v) is 3.85. The molecule has 0 aromatic heterocycles. The van der Waals surface area contributed by atoms with Gasteiger partial charge < -0.3 is 5.73 Å². The number of rotatable bonds is 1. The van der Waals surface area contributed by atoms with E-state index in [0.29, 0.717) is 0 Å². The van der Waals surface area contributed by atoms with Crippen molar-refractivity contribution in [3.8, 4) is 0 Å². The smallest absolute Gasteiger partial charge is 0.0420 e. The van der Waals surface area contributed by atoms with Crippen molar-refractivity contribution >= 4 is 22.6 Å². The second kappa shape index (κ2) is 3.58. The van der Waals surface area contributed by atoms with Crippen LogP contribution in [0.1, 0.15) is 31.2 Å². The minimum atomic E-state index is -0.0300. The van der Waals surface area contributed by atoms with Crippen molar-refractivity contribution in [3.63, 3.8) is 0 Å². The van der Waals surface area contributed by atoms with E-state index in [0.717, 1.165) is 12.8 Å². The van der Waals surface area contributed by atoms with E-state index in [1.165, 1.54) is 22.0 Å². The molecule has 0 atom stereocenters. The van der Waals surface area contributed by atoms with E-state index >= 15 is 0 Å². The molecule has 0 radical (unpaired) electrons. The largest absolute Gasteiger partial charge is 0.321 e. The normalized spacial score (nSPS) is 20.5. The van der Waals surface area contributed by atoms with Gasteiger partial charge in [0.05, 0.1) is 0 Å². The molecule has 0 unspecified atom stereocenters. The molecule has 1 aliphatic rings. The lowest BCUT2D eigenvalue weighted by Gasteiger charge is -2.25. The molecular weight excluding hydrogens is 273 g/mol. The Labute approximate surface area is 92.9 Å². The van der Waals surface area contributed by atoms with Crippen LogP contribution >= 0.6 is 22.6 Å². The molecule has 0 spiro atoms. The second-order valence-corrected chi connectivity index (χ2v) is 5.01. The van der Waals surface area contributed by atoms with Crippen LogP contribution in [0.15, 0.2) is 24.3 Å². The van der Waals surface area contributed by atoms with Crippen LogP contribution in [0.2, 0.25) is 0 Å². The Balaban J connectivity index is 2.39. The molecule has 2 heteroatoms. The molecule has 1 saturated carbocycles. The Morgan fingerprint density at radius 1 is 1.15 bits per heavy atom. The number of benzene rings is 1. The van der Waals surface area contributed by atoms with Crippen LogP contribution < -0.4 is 5.73 Å². The van der Waals surface area contributed by atoms with Crippen molar-refractivity contribution in [3.05, 3.63) is 33.4 Å². The molecule has 0 saturated heterocycles. The number of hydrogen-bond acceptors (Lipinski definition) is 1. The monoisotopic (exact) mass is 287 g/mol. The van der Waals surface area contributed by atoms with Crippen molar-refractivity contribution in [1.29, 1.82) is 0 Å². The summed E-state index contributed by atoms with van der Waals surface area (Å²) in [5.74, 6) is 0. The van der Waals surface area contributed by atoms with Crippen molar-refractivity contribution in [1.82, 2.24) is 0 Å². The van der Waals surface area contributed by atoms with Crippen LogP contribution in [-0.4, -0.2) is 0 Å². The Morgan fingerprint density at radius 3 is 2.38 bits per heavy atom. The van der Waals surface area contributed by atoms with Gasteiger partial charge in [0.1, 0.15) is 0 Å². The molecule has 0 aliphatic heterocycles. The van der Waals surface area contributed by atoms with Crippen molar-refractivity contribution in [2.45, 2.75) is 31.2 Å². The summed E-state index contributed by atoms with van der Waals surface area (Å²) in [4.78, 5) is 0. The molecule has 1 aromatic carbocycles. The van der Waals surface area contributed by atoms with Gasteiger partial charge in [-0.25, -0.2) is 0 Å². The van der Waals surface area contributed by atoms with Crippen LogP contribution in [0.25, 0.3) is 0 Å². The molecule has 0 bridgehead atoms. The van der Waals surface area contributed by atoms with Crippen LogP contribution in [0.4, 0.5) is 0 Å². The first-order valence-corrected chi connectivity index (χ1v) is 5.84. The summed E-state index contributed by atoms with van der Waals surface area (Å²) in [5, 5.41) is 0. The van der Waals surface area contributed by atoms with Crippen molar-refractivity contribution in [2.24, 2.45) is 5.73 Å². The Bertz CT molecular complexity index is 303. The average Bonchev–Trinajstić information content (AvgIpc) is 2.54. The Morgan fingerprint density at radius 2 is 1.77 bits per heavy atom. The van der Waals surface area contributed by atoms with E-state index in [2.05, 4.69) is 46.9 Å². The van der Waals surface area contributed by atoms with Gasteiger partial charge in [-0.05, 0) is 47.1 Å². The molecule has 70 valence electrons. The molecule has 0 amide bonds. The summed E-state index contributed by atoms with van der Waals surface area (Å²) < 4.78 is 1.31. The lowest BCUT2D eigenvalue weighted by atomic mass is 9.90. The molecule has 0 heterocycles. The van der Waals surface area contributed by atoms with E-state index in [1.807, 2.05) is 0 Å². The lowest BCUT2D eigenvalue weighted by Crippen LogP contribution is -2.33. The number of nitrogens with two attached hydrogens (primary N) is 1. The first-order valence-electron chi connectivity index (χ1n) is 4.76. The fourth-order valence-corrected chi connectivity index (χ4v) is 3.06. The highest BCUT2D eigenvalue weighted by Crippen LogP contribution is 2.37. The van der Waals surface area contributed by atoms with Gasteiger partial charge in [0.15, 0.2) is 0 Å². The molecule has 1 fully saturated rings. The van der Waals surface area contributed by atoms with E-state index in [4.69, 9.17) is 5.73 Å². The molecule has 1 aromatic rings. The molecule has 13 heavy (non-hydrogen) atoms. The van der Waals surface area contributed by atoms with Gasteiger partial charge in [0, 0.05) is 9.11 Å². The topological polar surface area (TPSA) is 26.0 Å². The summed E-state index contributed by atoms with van der Waals surface area (Å²) in [5.41, 5.74) is 7.69. The zero-order valence-electron chi connectivity index (χ0n) is 7.59. The van der Waals surface area contributed by atoms with Gasteiger partial charge in [-0.3, -0.25) is 0 Å². The fraction of sp³-hybridized carbons (Fsp3) is 0.455. The maximum absolute atomic E-state index is 6.38. The zero-order valence-corrected chi connectivity index (χ0v) is 9.75. The standard InChI is InChI=1S/C11H14IN/c12-10-6-2-1-5-9(10)11(13)7-3-4-8-11/h1-2,5-6H,3-4,7-8,13H2. The summed E-state index contributed by atoms with van der Waals surface area (Å²) in [7, 11) is 0. The number of hydrogen-bond donors (Lipinski definition) is 1. The molecule has 1 aliphatic carbocycles. The lowest BCUT2D eigenvalue weighted by molar-refractivity contribution is 0.459. The second-order valence-electron chi connectivity index (χ2n) is 3.84. The minimum Gasteiger partial charge on any atom is -0.321 e. The third-order valence-electron chi connectivity index (χ3n) is 2.91. The first kappa shape index (κ1) is 9.46. The van der Waals surface area contributed by atoms with E-state index in [-0.39, 0.29) is 5.54 Å². The van der Waals surface area contributed by atoms with Gasteiger partial charge in [-0.2, -0.15) is 0 Å². The average molecular weight is 287 g/mol. The number of halogens is 1. The maximum atomic E-state index is 6.38. The molecular formula is C11H14IN. The highest BCUT2D eigenvalue weighted by molar-refractivity contribution is 14.1. The van der Waals surface area contributed by atoms with Crippen LogP contribution in [0, 0.1) is 3.57 Å². The van der Waals surface area contributed by atoms with Crippen molar-refractivity contribution in [2.75, 3.05) is 0 Å². The van der Waals surface area contributed by atoms with Crippen molar-refractivity contribution < 1.29 is 0 Å². The predicted octanol–water partition coefficient (Wildman–Crippen LogP) is 3.02. The Kier molecular flexibility index (Phi) is 2.60. The van der Waals surface area contributed by atoms with E-state index in [1.54, 1.807) is 0 Å². The zero-order chi connectivity index (χ0) is 9.31. The van der Waals surface area contributed by atoms with Gasteiger partial charge in [-0.1, -0.05) is 31.0 Å². The third kappa shape index (κ3) is 1.74. The SMILES string of the molecule is NC1(c2ccccc2I)CCCC1. The molecule has 1 nitrogen and oxygen atoms in total. The van der Waals surface area contributed by atoms with Crippen LogP contribution in [-0.2, 0) is 5.54 Å². The minimum absolute atomic E-state index is 0.0300. The van der Waals surface area contributed by atoms with E-state index < -0.39 is 0 Å². The van der Waals surface area contributed by atoms with Crippen LogP contribution in [0.3, 0.4) is 0 Å². The quantitative estimate of drug-likeness (QED) is 0.789. The van der Waals surface area contributed by atoms with Gasteiger partial charge in [0.25, 0.3) is 0 Å². The van der Waals surface area contributed by atoms with Gasteiger partial charge in [0.2, 0.25) is 0 Å². The van der Waals surface area contributed by atoms with Crippen LogP contribution in [0.5, 0.6) is 0 Å². The summed E-state index contributed by atoms with van der Waals surface area (Å²) in [6, 6.07) is 8.48. The summed E-state index contributed by atoms with van der Waals surface area (Å²) in [6.45, 7) is 0. The predicted molar refractivity (Wildman–Crippen MR) is 63.5 cm³/mol. The fourth-order valence-electron chi connectivity index (χ4n) is 2.14. The molecule has 2 N–H and O–H groups in total. The highest BCUT2D eigenvalue weighted by atomic mass is 127.